The first-order valence-corrected chi connectivity index (χ1v) is 8.12. The maximum absolute atomic E-state index is 12.1. The number of hydrogen-bond acceptors (Lipinski definition) is 5. The fourth-order valence-corrected chi connectivity index (χ4v) is 3.09. The summed E-state index contributed by atoms with van der Waals surface area (Å²) < 4.78 is 0. The number of hydrogen-bond donors (Lipinski definition) is 2. The molecule has 2 aliphatic rings. The van der Waals surface area contributed by atoms with E-state index in [9.17, 15) is 4.79 Å². The second-order valence-corrected chi connectivity index (χ2v) is 6.14. The number of nitrogens with zero attached hydrogens (tertiary/aromatic N) is 3. The van der Waals surface area contributed by atoms with E-state index >= 15 is 0 Å². The van der Waals surface area contributed by atoms with Crippen molar-refractivity contribution in [1.82, 2.24) is 20.5 Å². The zero-order valence-corrected chi connectivity index (χ0v) is 13.2. The number of aromatic nitrogens is 1. The van der Waals surface area contributed by atoms with E-state index in [1.165, 1.54) is 0 Å². The Hall–Kier alpha value is -1.66. The van der Waals surface area contributed by atoms with Gasteiger partial charge in [-0.05, 0) is 32.5 Å². The molecule has 0 aliphatic carbocycles. The van der Waals surface area contributed by atoms with Gasteiger partial charge in [-0.15, -0.1) is 0 Å². The molecule has 1 aromatic heterocycles. The van der Waals surface area contributed by atoms with Gasteiger partial charge in [0.1, 0.15) is 5.82 Å². The number of rotatable bonds is 4. The third-order valence-electron chi connectivity index (χ3n) is 4.50. The van der Waals surface area contributed by atoms with Gasteiger partial charge in [-0.25, -0.2) is 4.98 Å². The maximum atomic E-state index is 12.1. The van der Waals surface area contributed by atoms with Crippen LogP contribution in [0.3, 0.4) is 0 Å². The van der Waals surface area contributed by atoms with Crippen molar-refractivity contribution in [1.29, 1.82) is 0 Å². The normalized spacial score (nSPS) is 22.8. The molecule has 1 aromatic rings. The van der Waals surface area contributed by atoms with Gasteiger partial charge in [-0.2, -0.15) is 0 Å². The molecule has 6 nitrogen and oxygen atoms in total. The topological polar surface area (TPSA) is 60.5 Å². The Morgan fingerprint density at radius 2 is 2.23 bits per heavy atom. The fraction of sp³-hybridized carbons (Fsp3) is 0.625. The van der Waals surface area contributed by atoms with Gasteiger partial charge < -0.3 is 20.4 Å². The standard InChI is InChI=1S/C16H25N5O/c1-20-8-10-21(11-9-20)15-13(4-2-7-18-15)12-19-16(22)14-5-3-6-17-14/h2,4,7,14,17H,3,5-6,8-12H2,1H3,(H,19,22)/t14-/m0/s1. The van der Waals surface area contributed by atoms with E-state index < -0.39 is 0 Å². The Balaban J connectivity index is 1.62. The lowest BCUT2D eigenvalue weighted by molar-refractivity contribution is -0.122. The Labute approximate surface area is 131 Å². The quantitative estimate of drug-likeness (QED) is 0.832. The monoisotopic (exact) mass is 303 g/mol. The van der Waals surface area contributed by atoms with Gasteiger partial charge in [0, 0.05) is 44.5 Å². The second-order valence-electron chi connectivity index (χ2n) is 6.14. The first-order chi connectivity index (χ1) is 10.7. The lowest BCUT2D eigenvalue weighted by Crippen LogP contribution is -2.45. The number of nitrogens with one attached hydrogen (secondary N) is 2. The molecule has 0 spiro atoms. The van der Waals surface area contributed by atoms with Crippen molar-refractivity contribution in [3.8, 4) is 0 Å². The highest BCUT2D eigenvalue weighted by Crippen LogP contribution is 2.18. The van der Waals surface area contributed by atoms with Crippen LogP contribution in [0.2, 0.25) is 0 Å². The maximum Gasteiger partial charge on any atom is 0.237 e. The van der Waals surface area contributed by atoms with Gasteiger partial charge in [0.2, 0.25) is 5.91 Å². The molecule has 6 heteroatoms. The summed E-state index contributed by atoms with van der Waals surface area (Å²) in [5, 5.41) is 6.28. The zero-order valence-electron chi connectivity index (χ0n) is 13.2. The van der Waals surface area contributed by atoms with Crippen LogP contribution < -0.4 is 15.5 Å². The summed E-state index contributed by atoms with van der Waals surface area (Å²) in [6.45, 7) is 5.56. The SMILES string of the molecule is CN1CCN(c2ncccc2CNC(=O)[C@@H]2CCCN2)CC1. The molecule has 120 valence electrons. The van der Waals surface area contributed by atoms with Crippen molar-refractivity contribution >= 4 is 11.7 Å². The molecule has 2 N–H and O–H groups in total. The first-order valence-electron chi connectivity index (χ1n) is 8.12. The smallest absolute Gasteiger partial charge is 0.237 e. The van der Waals surface area contributed by atoms with Gasteiger partial charge in [0.05, 0.1) is 6.04 Å². The molecular weight excluding hydrogens is 278 g/mol. The largest absolute Gasteiger partial charge is 0.354 e. The Bertz CT molecular complexity index is 507. The van der Waals surface area contributed by atoms with E-state index in [1.807, 2.05) is 12.3 Å². The molecule has 0 saturated carbocycles. The number of carbonyl (C=O) groups is 1. The lowest BCUT2D eigenvalue weighted by atomic mass is 10.2. The highest BCUT2D eigenvalue weighted by Gasteiger charge is 2.22. The van der Waals surface area contributed by atoms with Crippen LogP contribution in [0.1, 0.15) is 18.4 Å². The van der Waals surface area contributed by atoms with E-state index in [4.69, 9.17) is 0 Å². The highest BCUT2D eigenvalue weighted by molar-refractivity contribution is 5.82. The van der Waals surface area contributed by atoms with Gasteiger partial charge in [-0.3, -0.25) is 4.79 Å². The van der Waals surface area contributed by atoms with Crippen molar-refractivity contribution < 1.29 is 4.79 Å². The van der Waals surface area contributed by atoms with Crippen LogP contribution in [0, 0.1) is 0 Å². The van der Waals surface area contributed by atoms with E-state index in [0.29, 0.717) is 6.54 Å². The average Bonchev–Trinajstić information content (AvgIpc) is 3.08. The van der Waals surface area contributed by atoms with Crippen LogP contribution in [0.5, 0.6) is 0 Å². The minimum absolute atomic E-state index is 0.0243. The number of carbonyl (C=O) groups excluding carboxylic acids is 1. The van der Waals surface area contributed by atoms with E-state index in [-0.39, 0.29) is 11.9 Å². The fourth-order valence-electron chi connectivity index (χ4n) is 3.09. The average molecular weight is 303 g/mol. The van der Waals surface area contributed by atoms with Crippen molar-refractivity contribution in [2.75, 3.05) is 44.7 Å². The Morgan fingerprint density at radius 1 is 1.41 bits per heavy atom. The minimum Gasteiger partial charge on any atom is -0.354 e. The Kier molecular flexibility index (Phi) is 4.90. The van der Waals surface area contributed by atoms with Crippen LogP contribution in [0.4, 0.5) is 5.82 Å². The molecule has 1 amide bonds. The molecule has 2 aliphatic heterocycles. The molecule has 22 heavy (non-hydrogen) atoms. The molecule has 0 unspecified atom stereocenters. The number of pyridine rings is 1. The summed E-state index contributed by atoms with van der Waals surface area (Å²) in [6.07, 6.45) is 3.85. The van der Waals surface area contributed by atoms with E-state index in [0.717, 1.165) is 56.9 Å². The van der Waals surface area contributed by atoms with Gasteiger partial charge in [-0.1, -0.05) is 6.07 Å². The molecule has 2 saturated heterocycles. The van der Waals surface area contributed by atoms with Crippen LogP contribution in [-0.4, -0.2) is 61.6 Å². The van der Waals surface area contributed by atoms with Crippen molar-refractivity contribution in [3.63, 3.8) is 0 Å². The van der Waals surface area contributed by atoms with Crippen LogP contribution in [-0.2, 0) is 11.3 Å². The van der Waals surface area contributed by atoms with Crippen molar-refractivity contribution in [2.45, 2.75) is 25.4 Å². The second kappa shape index (κ2) is 7.07. The van der Waals surface area contributed by atoms with Gasteiger partial charge >= 0.3 is 0 Å². The molecule has 0 aromatic carbocycles. The van der Waals surface area contributed by atoms with Crippen LogP contribution in [0.25, 0.3) is 0 Å². The number of amides is 1. The molecule has 0 radical (unpaired) electrons. The predicted molar refractivity (Wildman–Crippen MR) is 86.8 cm³/mol. The van der Waals surface area contributed by atoms with E-state index in [1.54, 1.807) is 0 Å². The molecule has 1 atom stereocenters. The zero-order chi connectivity index (χ0) is 15.4. The van der Waals surface area contributed by atoms with Crippen molar-refractivity contribution in [2.24, 2.45) is 0 Å². The Morgan fingerprint density at radius 3 is 2.95 bits per heavy atom. The minimum atomic E-state index is -0.0243. The molecule has 0 bridgehead atoms. The highest BCUT2D eigenvalue weighted by atomic mass is 16.2. The first kappa shape index (κ1) is 15.2. The van der Waals surface area contributed by atoms with E-state index in [2.05, 4.69) is 38.5 Å². The van der Waals surface area contributed by atoms with Gasteiger partial charge in [0.25, 0.3) is 0 Å². The number of anilines is 1. The van der Waals surface area contributed by atoms with Crippen LogP contribution >= 0.6 is 0 Å². The number of piperazine rings is 1. The predicted octanol–water partition coefficient (Wildman–Crippen LogP) is 0.202. The summed E-state index contributed by atoms with van der Waals surface area (Å²) in [4.78, 5) is 21.3. The molecule has 3 heterocycles. The van der Waals surface area contributed by atoms with Crippen molar-refractivity contribution in [3.05, 3.63) is 23.9 Å². The third-order valence-corrected chi connectivity index (χ3v) is 4.50. The molecule has 2 fully saturated rings. The summed E-state index contributed by atoms with van der Waals surface area (Å²) in [5.74, 6) is 1.11. The molecular formula is C16H25N5O. The summed E-state index contributed by atoms with van der Waals surface area (Å²) in [6, 6.07) is 3.97. The van der Waals surface area contributed by atoms with Gasteiger partial charge in [0.15, 0.2) is 0 Å². The summed E-state index contributed by atoms with van der Waals surface area (Å²) >= 11 is 0. The summed E-state index contributed by atoms with van der Waals surface area (Å²) in [7, 11) is 2.14. The lowest BCUT2D eigenvalue weighted by Gasteiger charge is -2.34. The third kappa shape index (κ3) is 3.56. The molecule has 3 rings (SSSR count). The summed E-state index contributed by atoms with van der Waals surface area (Å²) in [5.41, 5.74) is 1.10. The number of likely N-dealkylation sites (N-methyl/N-ethyl adjacent to an activating group) is 1. The van der Waals surface area contributed by atoms with Crippen LogP contribution in [0.15, 0.2) is 18.3 Å².